The van der Waals surface area contributed by atoms with Gasteiger partial charge < -0.3 is 20.1 Å². The van der Waals surface area contributed by atoms with Crippen molar-refractivity contribution in [2.24, 2.45) is 0 Å². The van der Waals surface area contributed by atoms with Crippen LogP contribution in [0.2, 0.25) is 5.02 Å². The fourth-order valence-electron chi connectivity index (χ4n) is 2.06. The van der Waals surface area contributed by atoms with Gasteiger partial charge in [-0.25, -0.2) is 0 Å². The summed E-state index contributed by atoms with van der Waals surface area (Å²) in [4.78, 5) is 2.26. The molecule has 100 valence electrons. The summed E-state index contributed by atoms with van der Waals surface area (Å²) >= 11 is 5.85. The molecule has 0 radical (unpaired) electrons. The summed E-state index contributed by atoms with van der Waals surface area (Å²) in [5, 5.41) is 13.4. The van der Waals surface area contributed by atoms with Crippen molar-refractivity contribution in [3.05, 3.63) is 28.8 Å². The number of hydrogen-bond donors (Lipinski definition) is 2. The number of phenolic OH excluding ortho intramolecular Hbond substituents is 1. The van der Waals surface area contributed by atoms with Gasteiger partial charge in [-0.1, -0.05) is 23.7 Å². The van der Waals surface area contributed by atoms with E-state index in [0.29, 0.717) is 11.6 Å². The Morgan fingerprint density at radius 2 is 2.39 bits per heavy atom. The molecule has 1 aromatic rings. The Labute approximate surface area is 113 Å². The Balaban J connectivity index is 1.79. The minimum atomic E-state index is 0.161. The van der Waals surface area contributed by atoms with Crippen molar-refractivity contribution >= 4 is 11.6 Å². The van der Waals surface area contributed by atoms with Gasteiger partial charge in [0.2, 0.25) is 0 Å². The summed E-state index contributed by atoms with van der Waals surface area (Å²) in [7, 11) is 2.10. The predicted molar refractivity (Wildman–Crippen MR) is 72.1 cm³/mol. The number of phenols is 1. The molecule has 1 aromatic carbocycles. The molecular formula is C13H19ClN2O2. The van der Waals surface area contributed by atoms with E-state index in [1.165, 1.54) is 0 Å². The number of benzene rings is 1. The number of hydrogen-bond acceptors (Lipinski definition) is 4. The Kier molecular flexibility index (Phi) is 4.83. The molecule has 4 nitrogen and oxygen atoms in total. The molecule has 0 saturated carbocycles. The lowest BCUT2D eigenvalue weighted by molar-refractivity contribution is -0.0182. The van der Waals surface area contributed by atoms with E-state index in [9.17, 15) is 5.11 Å². The Hall–Kier alpha value is -0.810. The Morgan fingerprint density at radius 3 is 3.17 bits per heavy atom. The van der Waals surface area contributed by atoms with Crippen molar-refractivity contribution in [2.45, 2.75) is 12.6 Å². The highest BCUT2D eigenvalue weighted by atomic mass is 35.5. The molecule has 1 fully saturated rings. The van der Waals surface area contributed by atoms with Crippen molar-refractivity contribution in [3.63, 3.8) is 0 Å². The van der Waals surface area contributed by atoms with Gasteiger partial charge >= 0.3 is 0 Å². The fourth-order valence-corrected chi connectivity index (χ4v) is 2.25. The first-order valence-electron chi connectivity index (χ1n) is 6.14. The summed E-state index contributed by atoms with van der Waals surface area (Å²) in [6, 6.07) is 5.38. The second-order valence-electron chi connectivity index (χ2n) is 4.63. The molecule has 0 spiro atoms. The normalized spacial score (nSPS) is 21.1. The van der Waals surface area contributed by atoms with E-state index in [2.05, 4.69) is 17.3 Å². The lowest BCUT2D eigenvalue weighted by Gasteiger charge is -2.30. The Morgan fingerprint density at radius 1 is 1.56 bits per heavy atom. The van der Waals surface area contributed by atoms with E-state index < -0.39 is 0 Å². The minimum Gasteiger partial charge on any atom is -0.506 e. The average molecular weight is 271 g/mol. The fraction of sp³-hybridized carbons (Fsp3) is 0.538. The zero-order chi connectivity index (χ0) is 13.0. The standard InChI is InChI=1S/C13H19ClN2O2/c1-16-5-6-18-11(9-16)8-15-7-10-3-2-4-12(14)13(10)17/h2-4,11,15,17H,5-9H2,1H3. The van der Waals surface area contributed by atoms with Gasteiger partial charge in [0.05, 0.1) is 17.7 Å². The number of nitrogens with one attached hydrogen (secondary N) is 1. The van der Waals surface area contributed by atoms with Gasteiger partial charge in [0.25, 0.3) is 0 Å². The SMILES string of the molecule is CN1CCOC(CNCc2cccc(Cl)c2O)C1. The van der Waals surface area contributed by atoms with Crippen LogP contribution in [0.4, 0.5) is 0 Å². The van der Waals surface area contributed by atoms with Gasteiger partial charge in [-0.2, -0.15) is 0 Å². The molecular weight excluding hydrogens is 252 g/mol. The molecule has 18 heavy (non-hydrogen) atoms. The average Bonchev–Trinajstić information content (AvgIpc) is 2.35. The van der Waals surface area contributed by atoms with Gasteiger partial charge in [0, 0.05) is 31.7 Å². The molecule has 2 N–H and O–H groups in total. The van der Waals surface area contributed by atoms with E-state index >= 15 is 0 Å². The maximum absolute atomic E-state index is 9.77. The number of ether oxygens (including phenoxy) is 1. The maximum atomic E-state index is 9.77. The highest BCUT2D eigenvalue weighted by molar-refractivity contribution is 6.32. The van der Waals surface area contributed by atoms with Gasteiger partial charge in [0.1, 0.15) is 5.75 Å². The quantitative estimate of drug-likeness (QED) is 0.870. The van der Waals surface area contributed by atoms with Crippen LogP contribution in [0.15, 0.2) is 18.2 Å². The molecule has 1 saturated heterocycles. The van der Waals surface area contributed by atoms with Gasteiger partial charge in [-0.05, 0) is 13.1 Å². The summed E-state index contributed by atoms with van der Waals surface area (Å²) in [5.41, 5.74) is 0.812. The van der Waals surface area contributed by atoms with Crippen LogP contribution in [0, 0.1) is 0 Å². The molecule has 0 aromatic heterocycles. The lowest BCUT2D eigenvalue weighted by Crippen LogP contribution is -2.44. The number of aromatic hydroxyl groups is 1. The molecule has 5 heteroatoms. The second-order valence-corrected chi connectivity index (χ2v) is 5.04. The summed E-state index contributed by atoms with van der Waals surface area (Å²) in [6.07, 6.45) is 0.213. The highest BCUT2D eigenvalue weighted by Gasteiger charge is 2.17. The molecule has 1 aliphatic rings. The van der Waals surface area contributed by atoms with Gasteiger partial charge in [-0.3, -0.25) is 0 Å². The van der Waals surface area contributed by atoms with Crippen molar-refractivity contribution in [1.29, 1.82) is 0 Å². The first-order chi connectivity index (χ1) is 8.66. The molecule has 0 aliphatic carbocycles. The van der Waals surface area contributed by atoms with E-state index in [1.54, 1.807) is 6.07 Å². The van der Waals surface area contributed by atoms with Crippen LogP contribution in [-0.2, 0) is 11.3 Å². The monoisotopic (exact) mass is 270 g/mol. The highest BCUT2D eigenvalue weighted by Crippen LogP contribution is 2.26. The molecule has 0 bridgehead atoms. The van der Waals surface area contributed by atoms with Crippen LogP contribution < -0.4 is 5.32 Å². The molecule has 1 atom stereocenters. The van der Waals surface area contributed by atoms with Crippen molar-refractivity contribution < 1.29 is 9.84 Å². The maximum Gasteiger partial charge on any atom is 0.138 e. The number of likely N-dealkylation sites (N-methyl/N-ethyl adjacent to an activating group) is 1. The van der Waals surface area contributed by atoms with Crippen LogP contribution in [0.25, 0.3) is 0 Å². The third-order valence-corrected chi connectivity index (χ3v) is 3.40. The van der Waals surface area contributed by atoms with Gasteiger partial charge in [0.15, 0.2) is 0 Å². The molecule has 1 unspecified atom stereocenters. The molecule has 0 amide bonds. The van der Waals surface area contributed by atoms with Crippen molar-refractivity contribution in [3.8, 4) is 5.75 Å². The number of morpholine rings is 1. The van der Waals surface area contributed by atoms with Crippen LogP contribution in [0.1, 0.15) is 5.56 Å². The van der Waals surface area contributed by atoms with Crippen molar-refractivity contribution in [2.75, 3.05) is 33.3 Å². The van der Waals surface area contributed by atoms with Gasteiger partial charge in [-0.15, -0.1) is 0 Å². The largest absolute Gasteiger partial charge is 0.506 e. The Bertz CT molecular complexity index is 401. The molecule has 1 heterocycles. The molecule has 1 aliphatic heterocycles. The van der Waals surface area contributed by atoms with Crippen LogP contribution in [0.5, 0.6) is 5.75 Å². The summed E-state index contributed by atoms with van der Waals surface area (Å²) in [6.45, 7) is 4.08. The minimum absolute atomic E-state index is 0.161. The number of halogens is 1. The van der Waals surface area contributed by atoms with Crippen LogP contribution in [-0.4, -0.2) is 49.4 Å². The zero-order valence-corrected chi connectivity index (χ0v) is 11.3. The number of para-hydroxylation sites is 1. The third-order valence-electron chi connectivity index (χ3n) is 3.10. The lowest BCUT2D eigenvalue weighted by atomic mass is 10.2. The van der Waals surface area contributed by atoms with Crippen LogP contribution in [0.3, 0.4) is 0 Å². The molecule has 2 rings (SSSR count). The van der Waals surface area contributed by atoms with Crippen LogP contribution >= 0.6 is 11.6 Å². The van der Waals surface area contributed by atoms with E-state index in [0.717, 1.165) is 31.8 Å². The number of nitrogens with zero attached hydrogens (tertiary/aromatic N) is 1. The summed E-state index contributed by atoms with van der Waals surface area (Å²) in [5.74, 6) is 0.161. The van der Waals surface area contributed by atoms with E-state index in [1.807, 2.05) is 12.1 Å². The first kappa shape index (κ1) is 13.6. The smallest absolute Gasteiger partial charge is 0.138 e. The van der Waals surface area contributed by atoms with E-state index in [4.69, 9.17) is 16.3 Å². The first-order valence-corrected chi connectivity index (χ1v) is 6.52. The zero-order valence-electron chi connectivity index (χ0n) is 10.5. The third kappa shape index (κ3) is 3.59. The summed E-state index contributed by atoms with van der Waals surface area (Å²) < 4.78 is 5.65. The topological polar surface area (TPSA) is 44.7 Å². The second kappa shape index (κ2) is 6.38. The van der Waals surface area contributed by atoms with E-state index in [-0.39, 0.29) is 11.9 Å². The van der Waals surface area contributed by atoms with Crippen molar-refractivity contribution in [1.82, 2.24) is 10.2 Å². The number of rotatable bonds is 4. The predicted octanol–water partition coefficient (Wildman–Crippen LogP) is 1.47.